The number of carbonyl (C=O) groups excluding carboxylic acids is 1. The maximum Gasteiger partial charge on any atom is 0.255 e. The molecule has 5 nitrogen and oxygen atoms in total. The number of rotatable bonds is 8. The minimum Gasteiger partial charge on any atom is -0.497 e. The molecule has 0 heterocycles. The van der Waals surface area contributed by atoms with Crippen LogP contribution >= 0.6 is 0 Å². The summed E-state index contributed by atoms with van der Waals surface area (Å²) in [4.78, 5) is 13.0. The van der Waals surface area contributed by atoms with E-state index >= 15 is 0 Å². The van der Waals surface area contributed by atoms with Crippen molar-refractivity contribution in [2.24, 2.45) is 0 Å². The van der Waals surface area contributed by atoms with Gasteiger partial charge in [0.25, 0.3) is 5.91 Å². The number of carbonyl (C=O) groups is 1. The van der Waals surface area contributed by atoms with Crippen LogP contribution in [0.25, 0.3) is 0 Å². The molecule has 0 aliphatic rings. The highest BCUT2D eigenvalue weighted by Gasteiger charge is 2.20. The van der Waals surface area contributed by atoms with Gasteiger partial charge >= 0.3 is 0 Å². The molecule has 3 aromatic carbocycles. The van der Waals surface area contributed by atoms with Crippen LogP contribution in [0.4, 0.5) is 4.39 Å². The Labute approximate surface area is 175 Å². The zero-order valence-electron chi connectivity index (χ0n) is 17.1. The van der Waals surface area contributed by atoms with Gasteiger partial charge in [-0.2, -0.15) is 0 Å². The Bertz CT molecular complexity index is 987. The molecule has 0 bridgehead atoms. The Morgan fingerprint density at radius 3 is 2.03 bits per heavy atom. The second kappa shape index (κ2) is 9.78. The molecule has 30 heavy (non-hydrogen) atoms. The van der Waals surface area contributed by atoms with Crippen LogP contribution in [0.3, 0.4) is 0 Å². The molecule has 156 valence electrons. The van der Waals surface area contributed by atoms with E-state index < -0.39 is 11.7 Å². The molecule has 0 saturated heterocycles. The van der Waals surface area contributed by atoms with Crippen molar-refractivity contribution in [2.75, 3.05) is 21.3 Å². The van der Waals surface area contributed by atoms with Gasteiger partial charge in [-0.15, -0.1) is 0 Å². The minimum atomic E-state index is -0.503. The van der Waals surface area contributed by atoms with E-state index in [0.29, 0.717) is 12.2 Å². The lowest BCUT2D eigenvalue weighted by atomic mass is 9.98. The average molecular weight is 409 g/mol. The molecule has 1 atom stereocenters. The van der Waals surface area contributed by atoms with E-state index in [-0.39, 0.29) is 11.6 Å². The highest BCUT2D eigenvalue weighted by atomic mass is 19.1. The van der Waals surface area contributed by atoms with Gasteiger partial charge in [-0.25, -0.2) is 4.39 Å². The normalized spacial score (nSPS) is 11.5. The van der Waals surface area contributed by atoms with Crippen LogP contribution < -0.4 is 19.5 Å². The third kappa shape index (κ3) is 5.08. The number of halogens is 1. The number of hydrogen-bond donors (Lipinski definition) is 1. The van der Waals surface area contributed by atoms with Gasteiger partial charge < -0.3 is 19.5 Å². The smallest absolute Gasteiger partial charge is 0.255 e. The number of benzene rings is 3. The van der Waals surface area contributed by atoms with E-state index in [1.807, 2.05) is 48.5 Å². The molecule has 0 fully saturated rings. The zero-order valence-corrected chi connectivity index (χ0v) is 17.1. The second-order valence-electron chi connectivity index (χ2n) is 6.70. The number of methoxy groups -OCH3 is 3. The highest BCUT2D eigenvalue weighted by Crippen LogP contribution is 2.25. The standard InChI is InChI=1S/C24H24FNO4/c1-28-19-9-4-16(5-10-19)14-22(17-6-11-20(29-2)12-7-17)26-24(27)21-15-18(25)8-13-23(21)30-3/h4-13,15,22H,14H2,1-3H3,(H,26,27). The van der Waals surface area contributed by atoms with Gasteiger partial charge in [0.1, 0.15) is 23.1 Å². The summed E-state index contributed by atoms with van der Waals surface area (Å²) in [6, 6.07) is 18.6. The van der Waals surface area contributed by atoms with Crippen LogP contribution in [0.2, 0.25) is 0 Å². The number of ether oxygens (including phenoxy) is 3. The first-order valence-corrected chi connectivity index (χ1v) is 9.45. The van der Waals surface area contributed by atoms with Crippen LogP contribution in [0.1, 0.15) is 27.5 Å². The van der Waals surface area contributed by atoms with E-state index in [4.69, 9.17) is 14.2 Å². The fourth-order valence-corrected chi connectivity index (χ4v) is 3.18. The largest absolute Gasteiger partial charge is 0.497 e. The number of amides is 1. The second-order valence-corrected chi connectivity index (χ2v) is 6.70. The van der Waals surface area contributed by atoms with E-state index in [9.17, 15) is 9.18 Å². The highest BCUT2D eigenvalue weighted by molar-refractivity contribution is 5.97. The van der Waals surface area contributed by atoms with Crippen LogP contribution in [0, 0.1) is 5.82 Å². The summed E-state index contributed by atoms with van der Waals surface area (Å²) in [5.74, 6) is 0.873. The van der Waals surface area contributed by atoms with Crippen molar-refractivity contribution in [2.45, 2.75) is 12.5 Å². The lowest BCUT2D eigenvalue weighted by Crippen LogP contribution is -2.30. The molecule has 0 saturated carbocycles. The molecule has 0 spiro atoms. The van der Waals surface area contributed by atoms with Crippen molar-refractivity contribution in [3.63, 3.8) is 0 Å². The molecule has 0 radical (unpaired) electrons. The lowest BCUT2D eigenvalue weighted by Gasteiger charge is -2.21. The summed E-state index contributed by atoms with van der Waals surface area (Å²) in [5, 5.41) is 3.01. The average Bonchev–Trinajstić information content (AvgIpc) is 2.79. The molecule has 1 amide bonds. The monoisotopic (exact) mass is 409 g/mol. The van der Waals surface area contributed by atoms with Crippen molar-refractivity contribution in [1.82, 2.24) is 5.32 Å². The maximum absolute atomic E-state index is 13.7. The summed E-state index contributed by atoms with van der Waals surface area (Å²) < 4.78 is 29.4. The Morgan fingerprint density at radius 1 is 0.867 bits per heavy atom. The lowest BCUT2D eigenvalue weighted by molar-refractivity contribution is 0.0933. The summed E-state index contributed by atoms with van der Waals surface area (Å²) in [6.07, 6.45) is 0.541. The minimum absolute atomic E-state index is 0.144. The summed E-state index contributed by atoms with van der Waals surface area (Å²) in [7, 11) is 4.66. The Kier molecular flexibility index (Phi) is 6.91. The maximum atomic E-state index is 13.7. The van der Waals surface area contributed by atoms with Gasteiger partial charge in [0.2, 0.25) is 0 Å². The SMILES string of the molecule is COc1ccc(CC(NC(=O)c2cc(F)ccc2OC)c2ccc(OC)cc2)cc1. The van der Waals surface area contributed by atoms with Crippen LogP contribution in [-0.2, 0) is 6.42 Å². The predicted molar refractivity (Wildman–Crippen MR) is 113 cm³/mol. The van der Waals surface area contributed by atoms with Crippen molar-refractivity contribution in [1.29, 1.82) is 0 Å². The number of nitrogens with one attached hydrogen (secondary N) is 1. The molecule has 3 rings (SSSR count). The van der Waals surface area contributed by atoms with Crippen molar-refractivity contribution in [3.05, 3.63) is 89.2 Å². The van der Waals surface area contributed by atoms with E-state index in [2.05, 4.69) is 5.32 Å². The van der Waals surface area contributed by atoms with Gasteiger partial charge in [0.15, 0.2) is 0 Å². The quantitative estimate of drug-likeness (QED) is 0.592. The summed E-state index contributed by atoms with van der Waals surface area (Å²) >= 11 is 0. The van der Waals surface area contributed by atoms with E-state index in [0.717, 1.165) is 22.6 Å². The van der Waals surface area contributed by atoms with Crippen molar-refractivity contribution in [3.8, 4) is 17.2 Å². The first kappa shape index (κ1) is 21.2. The van der Waals surface area contributed by atoms with Gasteiger partial charge in [-0.1, -0.05) is 24.3 Å². The zero-order chi connectivity index (χ0) is 21.5. The fraction of sp³-hybridized carbons (Fsp3) is 0.208. The molecular weight excluding hydrogens is 385 g/mol. The third-order valence-electron chi connectivity index (χ3n) is 4.83. The van der Waals surface area contributed by atoms with Crippen LogP contribution in [-0.4, -0.2) is 27.2 Å². The van der Waals surface area contributed by atoms with Gasteiger partial charge in [-0.3, -0.25) is 4.79 Å². The molecule has 3 aromatic rings. The first-order chi connectivity index (χ1) is 14.5. The molecule has 0 aromatic heterocycles. The van der Waals surface area contributed by atoms with E-state index in [1.54, 1.807) is 14.2 Å². The Balaban J connectivity index is 1.89. The molecule has 6 heteroatoms. The van der Waals surface area contributed by atoms with Crippen LogP contribution in [0.15, 0.2) is 66.7 Å². The third-order valence-corrected chi connectivity index (χ3v) is 4.83. The topological polar surface area (TPSA) is 56.8 Å². The fourth-order valence-electron chi connectivity index (χ4n) is 3.18. The van der Waals surface area contributed by atoms with Crippen molar-refractivity contribution < 1.29 is 23.4 Å². The first-order valence-electron chi connectivity index (χ1n) is 9.45. The Hall–Kier alpha value is -3.54. The molecule has 0 aliphatic carbocycles. The Morgan fingerprint density at radius 2 is 1.47 bits per heavy atom. The molecular formula is C24H24FNO4. The predicted octanol–water partition coefficient (Wildman–Crippen LogP) is 4.57. The van der Waals surface area contributed by atoms with Crippen LogP contribution in [0.5, 0.6) is 17.2 Å². The van der Waals surface area contributed by atoms with Gasteiger partial charge in [-0.05, 0) is 60.0 Å². The molecule has 0 aliphatic heterocycles. The van der Waals surface area contributed by atoms with E-state index in [1.165, 1.54) is 25.3 Å². The van der Waals surface area contributed by atoms with Gasteiger partial charge in [0, 0.05) is 0 Å². The summed E-state index contributed by atoms with van der Waals surface area (Å²) in [6.45, 7) is 0. The molecule has 1 N–H and O–H groups in total. The summed E-state index contributed by atoms with van der Waals surface area (Å²) in [5.41, 5.74) is 2.06. The number of hydrogen-bond acceptors (Lipinski definition) is 4. The van der Waals surface area contributed by atoms with Gasteiger partial charge in [0.05, 0.1) is 32.9 Å². The van der Waals surface area contributed by atoms with Crippen molar-refractivity contribution >= 4 is 5.91 Å². The molecule has 1 unspecified atom stereocenters.